The molecule has 0 bridgehead atoms. The molecular weight excluding hydrogens is 385 g/mol. The molecule has 0 spiro atoms. The Bertz CT molecular complexity index is 946. The van der Waals surface area contributed by atoms with Crippen LogP contribution in [0.15, 0.2) is 53.3 Å². The molecule has 10 heteroatoms. The van der Waals surface area contributed by atoms with Crippen molar-refractivity contribution in [1.82, 2.24) is 9.97 Å². The van der Waals surface area contributed by atoms with Gasteiger partial charge in [0.25, 0.3) is 5.91 Å². The lowest BCUT2D eigenvalue weighted by atomic mass is 10.2. The summed E-state index contributed by atoms with van der Waals surface area (Å²) in [7, 11) is 0. The Kier molecular flexibility index (Phi) is 5.31. The zero-order valence-electron chi connectivity index (χ0n) is 13.5. The average Bonchev–Trinajstić information content (AvgIpc) is 3.14. The van der Waals surface area contributed by atoms with E-state index in [9.17, 15) is 18.0 Å². The fourth-order valence-electron chi connectivity index (χ4n) is 2.17. The summed E-state index contributed by atoms with van der Waals surface area (Å²) in [6.07, 6.45) is -1.76. The minimum Gasteiger partial charge on any atom is -0.467 e. The standard InChI is InChI=1S/C17H12ClF3N4O2/c18-13-4-3-10(8-12(13)17(19,20)21)24-15(26)14-5-6-22-16(25-14)23-9-11-2-1-7-27-11/h1-8H,9H2,(H,24,26)(H,22,23,25). The summed E-state index contributed by atoms with van der Waals surface area (Å²) in [5.41, 5.74) is -1.11. The number of furan rings is 1. The number of carbonyl (C=O) groups excluding carboxylic acids is 1. The van der Waals surface area contributed by atoms with Crippen LogP contribution in [-0.4, -0.2) is 15.9 Å². The zero-order chi connectivity index (χ0) is 19.4. The van der Waals surface area contributed by atoms with Gasteiger partial charge in [0.1, 0.15) is 11.5 Å². The van der Waals surface area contributed by atoms with Gasteiger partial charge in [-0.1, -0.05) is 11.6 Å². The molecule has 27 heavy (non-hydrogen) atoms. The van der Waals surface area contributed by atoms with Crippen LogP contribution in [0, 0.1) is 0 Å². The fraction of sp³-hybridized carbons (Fsp3) is 0.118. The second kappa shape index (κ2) is 7.67. The Balaban J connectivity index is 1.72. The molecule has 0 saturated heterocycles. The molecular formula is C17H12ClF3N4O2. The molecule has 0 fully saturated rings. The predicted octanol–water partition coefficient (Wildman–Crippen LogP) is 4.61. The van der Waals surface area contributed by atoms with Crippen LogP contribution in [0.2, 0.25) is 5.02 Å². The maximum absolute atomic E-state index is 12.9. The first-order chi connectivity index (χ1) is 12.8. The summed E-state index contributed by atoms with van der Waals surface area (Å²) in [6, 6.07) is 7.92. The number of halogens is 4. The number of alkyl halides is 3. The van der Waals surface area contributed by atoms with Crippen molar-refractivity contribution in [2.75, 3.05) is 10.6 Å². The fourth-order valence-corrected chi connectivity index (χ4v) is 2.39. The number of anilines is 2. The van der Waals surface area contributed by atoms with Crippen LogP contribution >= 0.6 is 11.6 Å². The molecule has 1 aromatic carbocycles. The summed E-state index contributed by atoms with van der Waals surface area (Å²) in [6.45, 7) is 0.310. The van der Waals surface area contributed by atoms with Crippen LogP contribution in [-0.2, 0) is 12.7 Å². The number of amides is 1. The molecule has 2 aromatic heterocycles. The molecule has 1 amide bonds. The van der Waals surface area contributed by atoms with Crippen molar-refractivity contribution in [2.45, 2.75) is 12.7 Å². The van der Waals surface area contributed by atoms with Gasteiger partial charge in [0.2, 0.25) is 5.95 Å². The first-order valence-electron chi connectivity index (χ1n) is 7.60. The van der Waals surface area contributed by atoms with Gasteiger partial charge < -0.3 is 15.1 Å². The van der Waals surface area contributed by atoms with E-state index in [1.54, 1.807) is 12.1 Å². The Morgan fingerprint density at radius 3 is 2.74 bits per heavy atom. The third kappa shape index (κ3) is 4.76. The Morgan fingerprint density at radius 2 is 2.04 bits per heavy atom. The molecule has 0 aliphatic rings. The van der Waals surface area contributed by atoms with Gasteiger partial charge >= 0.3 is 6.18 Å². The second-order valence-corrected chi connectivity index (χ2v) is 5.75. The average molecular weight is 397 g/mol. The number of aromatic nitrogens is 2. The Hall–Kier alpha value is -3.07. The monoisotopic (exact) mass is 396 g/mol. The molecule has 0 saturated carbocycles. The van der Waals surface area contributed by atoms with Gasteiger partial charge in [-0.3, -0.25) is 4.79 Å². The van der Waals surface area contributed by atoms with Gasteiger partial charge in [-0.05, 0) is 36.4 Å². The molecule has 3 aromatic rings. The molecule has 2 heterocycles. The van der Waals surface area contributed by atoms with Crippen LogP contribution in [0.5, 0.6) is 0 Å². The highest BCUT2D eigenvalue weighted by Gasteiger charge is 2.33. The van der Waals surface area contributed by atoms with E-state index in [-0.39, 0.29) is 17.3 Å². The highest BCUT2D eigenvalue weighted by Crippen LogP contribution is 2.36. The van der Waals surface area contributed by atoms with E-state index in [0.29, 0.717) is 12.3 Å². The highest BCUT2D eigenvalue weighted by atomic mass is 35.5. The SMILES string of the molecule is O=C(Nc1ccc(Cl)c(C(F)(F)F)c1)c1ccnc(NCc2ccco2)n1. The van der Waals surface area contributed by atoms with E-state index in [2.05, 4.69) is 20.6 Å². The number of carbonyl (C=O) groups is 1. The summed E-state index contributed by atoms with van der Waals surface area (Å²) in [5.74, 6) is 0.134. The minimum atomic E-state index is -4.63. The van der Waals surface area contributed by atoms with Crippen LogP contribution < -0.4 is 10.6 Å². The van der Waals surface area contributed by atoms with Gasteiger partial charge in [-0.15, -0.1) is 0 Å². The zero-order valence-corrected chi connectivity index (χ0v) is 14.3. The minimum absolute atomic E-state index is 0.0181. The van der Waals surface area contributed by atoms with Crippen molar-refractivity contribution in [3.05, 3.63) is 70.9 Å². The topological polar surface area (TPSA) is 80.0 Å². The molecule has 0 aliphatic heterocycles. The molecule has 0 radical (unpaired) electrons. The first kappa shape index (κ1) is 18.7. The number of nitrogens with one attached hydrogen (secondary N) is 2. The van der Waals surface area contributed by atoms with E-state index in [4.69, 9.17) is 16.0 Å². The third-order valence-electron chi connectivity index (χ3n) is 3.42. The quantitative estimate of drug-likeness (QED) is 0.658. The molecule has 3 rings (SSSR count). The summed E-state index contributed by atoms with van der Waals surface area (Å²) in [4.78, 5) is 20.3. The number of hydrogen-bond donors (Lipinski definition) is 2. The number of benzene rings is 1. The Morgan fingerprint density at radius 1 is 1.22 bits per heavy atom. The van der Waals surface area contributed by atoms with Gasteiger partial charge in [0.05, 0.1) is 23.4 Å². The predicted molar refractivity (Wildman–Crippen MR) is 92.5 cm³/mol. The van der Waals surface area contributed by atoms with Crippen molar-refractivity contribution in [3.63, 3.8) is 0 Å². The number of rotatable bonds is 5. The smallest absolute Gasteiger partial charge is 0.417 e. The normalized spacial score (nSPS) is 11.3. The lowest BCUT2D eigenvalue weighted by Gasteiger charge is -2.12. The van der Waals surface area contributed by atoms with Gasteiger partial charge in [-0.25, -0.2) is 9.97 Å². The summed E-state index contributed by atoms with van der Waals surface area (Å²) >= 11 is 5.56. The summed E-state index contributed by atoms with van der Waals surface area (Å²) < 4.78 is 43.9. The van der Waals surface area contributed by atoms with Gasteiger partial charge in [0, 0.05) is 11.9 Å². The maximum atomic E-state index is 12.9. The van der Waals surface area contributed by atoms with Crippen LogP contribution in [0.1, 0.15) is 21.8 Å². The molecule has 2 N–H and O–H groups in total. The van der Waals surface area contributed by atoms with Crippen LogP contribution in [0.3, 0.4) is 0 Å². The van der Waals surface area contributed by atoms with Crippen LogP contribution in [0.25, 0.3) is 0 Å². The molecule has 0 atom stereocenters. The second-order valence-electron chi connectivity index (χ2n) is 5.34. The summed E-state index contributed by atoms with van der Waals surface area (Å²) in [5, 5.41) is 4.79. The molecule has 0 unspecified atom stereocenters. The van der Waals surface area contributed by atoms with Gasteiger partial charge in [0.15, 0.2) is 0 Å². The molecule has 0 aliphatic carbocycles. The maximum Gasteiger partial charge on any atom is 0.417 e. The lowest BCUT2D eigenvalue weighted by molar-refractivity contribution is -0.137. The van der Waals surface area contributed by atoms with Crippen LogP contribution in [0.4, 0.5) is 24.8 Å². The van der Waals surface area contributed by atoms with Crippen molar-refractivity contribution in [2.24, 2.45) is 0 Å². The van der Waals surface area contributed by atoms with E-state index >= 15 is 0 Å². The Labute approximate surface area is 156 Å². The van der Waals surface area contributed by atoms with E-state index in [1.807, 2.05) is 0 Å². The largest absolute Gasteiger partial charge is 0.467 e. The van der Waals surface area contributed by atoms with Crippen molar-refractivity contribution in [3.8, 4) is 0 Å². The van der Waals surface area contributed by atoms with Crippen molar-refractivity contribution >= 4 is 29.1 Å². The number of nitrogens with zero attached hydrogens (tertiary/aromatic N) is 2. The van der Waals surface area contributed by atoms with Gasteiger partial charge in [-0.2, -0.15) is 13.2 Å². The van der Waals surface area contributed by atoms with E-state index in [1.165, 1.54) is 24.6 Å². The molecule has 140 valence electrons. The highest BCUT2D eigenvalue weighted by molar-refractivity contribution is 6.31. The van der Waals surface area contributed by atoms with Crippen molar-refractivity contribution in [1.29, 1.82) is 0 Å². The first-order valence-corrected chi connectivity index (χ1v) is 7.98. The van der Waals surface area contributed by atoms with E-state index < -0.39 is 22.7 Å². The number of hydrogen-bond acceptors (Lipinski definition) is 5. The lowest BCUT2D eigenvalue weighted by Crippen LogP contribution is -2.16. The third-order valence-corrected chi connectivity index (χ3v) is 3.75. The molecule has 6 nitrogen and oxygen atoms in total. The van der Waals surface area contributed by atoms with E-state index in [0.717, 1.165) is 12.1 Å². The van der Waals surface area contributed by atoms with Crippen molar-refractivity contribution < 1.29 is 22.4 Å².